The van der Waals surface area contributed by atoms with E-state index in [2.05, 4.69) is 15.8 Å². The van der Waals surface area contributed by atoms with Gasteiger partial charge in [0, 0.05) is 16.7 Å². The lowest BCUT2D eigenvalue weighted by Gasteiger charge is -2.11. The van der Waals surface area contributed by atoms with Crippen molar-refractivity contribution in [3.63, 3.8) is 0 Å². The van der Waals surface area contributed by atoms with Crippen molar-refractivity contribution in [1.82, 2.24) is 5.43 Å². The zero-order chi connectivity index (χ0) is 24.5. The topological polar surface area (TPSA) is 98.2 Å². The van der Waals surface area contributed by atoms with Crippen LogP contribution in [0.1, 0.15) is 18.1 Å². The van der Waals surface area contributed by atoms with E-state index < -0.39 is 11.8 Å². The maximum absolute atomic E-state index is 12.3. The van der Waals surface area contributed by atoms with Gasteiger partial charge >= 0.3 is 11.8 Å². The van der Waals surface area contributed by atoms with Crippen LogP contribution in [0.25, 0.3) is 0 Å². The molecular weight excluding hydrogens is 458 g/mol. The zero-order valence-electron chi connectivity index (χ0n) is 18.9. The van der Waals surface area contributed by atoms with Crippen molar-refractivity contribution in [3.05, 3.63) is 82.9 Å². The highest BCUT2D eigenvalue weighted by Gasteiger charge is 2.16. The predicted molar refractivity (Wildman–Crippen MR) is 131 cm³/mol. The number of benzene rings is 3. The first-order chi connectivity index (χ1) is 16.4. The number of rotatable bonds is 8. The van der Waals surface area contributed by atoms with Crippen molar-refractivity contribution in [2.24, 2.45) is 5.10 Å². The summed E-state index contributed by atoms with van der Waals surface area (Å²) in [6, 6.07) is 19.5. The first-order valence-corrected chi connectivity index (χ1v) is 10.6. The van der Waals surface area contributed by atoms with Crippen molar-refractivity contribution >= 4 is 34.8 Å². The van der Waals surface area contributed by atoms with Crippen molar-refractivity contribution in [1.29, 1.82) is 0 Å². The highest BCUT2D eigenvalue weighted by molar-refractivity contribution is 6.39. The molecule has 3 rings (SSSR count). The molecule has 3 aromatic rings. The summed E-state index contributed by atoms with van der Waals surface area (Å²) >= 11 is 6.14. The van der Waals surface area contributed by atoms with Crippen molar-refractivity contribution in [3.8, 4) is 17.2 Å². The number of anilines is 1. The molecule has 0 aliphatic heterocycles. The second kappa shape index (κ2) is 11.7. The van der Waals surface area contributed by atoms with Crippen LogP contribution in [-0.4, -0.2) is 31.7 Å². The fourth-order valence-electron chi connectivity index (χ4n) is 2.91. The molecule has 0 saturated heterocycles. The molecule has 0 aliphatic carbocycles. The molecule has 0 bridgehead atoms. The first-order valence-electron chi connectivity index (χ1n) is 10.3. The number of carbonyl (C=O) groups excluding carboxylic acids is 2. The van der Waals surface area contributed by atoms with Crippen LogP contribution in [-0.2, 0) is 16.2 Å². The SMILES string of the molecule is COc1ccc(OC)c(NC(=O)C(=O)NN=C(C)c2ccc(OCc3ccccc3Cl)cc2)c1. The zero-order valence-corrected chi connectivity index (χ0v) is 19.7. The second-order valence-electron chi connectivity index (χ2n) is 7.06. The Labute approximate surface area is 202 Å². The summed E-state index contributed by atoms with van der Waals surface area (Å²) in [6.07, 6.45) is 0. The molecule has 0 saturated carbocycles. The van der Waals surface area contributed by atoms with E-state index in [1.807, 2.05) is 24.3 Å². The summed E-state index contributed by atoms with van der Waals surface area (Å²) in [5.74, 6) is -0.273. The van der Waals surface area contributed by atoms with Crippen molar-refractivity contribution in [2.45, 2.75) is 13.5 Å². The fourth-order valence-corrected chi connectivity index (χ4v) is 3.10. The lowest BCUT2D eigenvalue weighted by atomic mass is 10.1. The Morgan fingerprint density at radius 1 is 0.912 bits per heavy atom. The molecule has 0 spiro atoms. The van der Waals surface area contributed by atoms with E-state index in [1.54, 1.807) is 49.4 Å². The average Bonchev–Trinajstić information content (AvgIpc) is 2.86. The maximum Gasteiger partial charge on any atom is 0.329 e. The smallest absolute Gasteiger partial charge is 0.329 e. The highest BCUT2D eigenvalue weighted by atomic mass is 35.5. The molecule has 0 atom stereocenters. The molecule has 0 aliphatic rings. The third-order valence-electron chi connectivity index (χ3n) is 4.81. The van der Waals surface area contributed by atoms with Crippen LogP contribution >= 0.6 is 11.6 Å². The molecule has 0 fully saturated rings. The number of hydrazone groups is 1. The monoisotopic (exact) mass is 481 g/mol. The highest BCUT2D eigenvalue weighted by Crippen LogP contribution is 2.28. The number of hydrogen-bond donors (Lipinski definition) is 2. The van der Waals surface area contributed by atoms with Crippen LogP contribution in [0, 0.1) is 0 Å². The van der Waals surface area contributed by atoms with E-state index in [1.165, 1.54) is 14.2 Å². The molecule has 0 radical (unpaired) electrons. The number of carbonyl (C=O) groups is 2. The normalized spacial score (nSPS) is 10.9. The summed E-state index contributed by atoms with van der Waals surface area (Å²) in [6.45, 7) is 2.05. The summed E-state index contributed by atoms with van der Waals surface area (Å²) in [7, 11) is 2.95. The second-order valence-corrected chi connectivity index (χ2v) is 7.47. The van der Waals surface area contributed by atoms with Gasteiger partial charge in [-0.2, -0.15) is 5.10 Å². The summed E-state index contributed by atoms with van der Waals surface area (Å²) in [5.41, 5.74) is 4.70. The number of amides is 2. The molecule has 0 aromatic heterocycles. The van der Waals surface area contributed by atoms with Gasteiger partial charge in [0.1, 0.15) is 23.9 Å². The Balaban J connectivity index is 1.57. The molecule has 0 heterocycles. The Bertz CT molecular complexity index is 1200. The van der Waals surface area contributed by atoms with Gasteiger partial charge in [0.15, 0.2) is 0 Å². The number of ether oxygens (including phenoxy) is 3. The average molecular weight is 482 g/mol. The van der Waals surface area contributed by atoms with Crippen molar-refractivity contribution < 1.29 is 23.8 Å². The van der Waals surface area contributed by atoms with Crippen LogP contribution in [0.3, 0.4) is 0 Å². The fraction of sp³-hybridized carbons (Fsp3) is 0.160. The van der Waals surface area contributed by atoms with E-state index >= 15 is 0 Å². The Hall–Kier alpha value is -4.04. The van der Waals surface area contributed by atoms with Gasteiger partial charge in [-0.25, -0.2) is 5.43 Å². The number of nitrogens with one attached hydrogen (secondary N) is 2. The molecule has 176 valence electrons. The maximum atomic E-state index is 12.3. The van der Waals surface area contributed by atoms with Gasteiger partial charge in [0.2, 0.25) is 0 Å². The van der Waals surface area contributed by atoms with Crippen LogP contribution in [0.5, 0.6) is 17.2 Å². The number of nitrogens with zero attached hydrogens (tertiary/aromatic N) is 1. The van der Waals surface area contributed by atoms with E-state index in [9.17, 15) is 9.59 Å². The summed E-state index contributed by atoms with van der Waals surface area (Å²) < 4.78 is 16.1. The Morgan fingerprint density at radius 3 is 2.29 bits per heavy atom. The third kappa shape index (κ3) is 6.49. The largest absolute Gasteiger partial charge is 0.497 e. The van der Waals surface area contributed by atoms with Crippen LogP contribution < -0.4 is 25.0 Å². The van der Waals surface area contributed by atoms with E-state index in [4.69, 9.17) is 25.8 Å². The minimum absolute atomic E-state index is 0.301. The van der Waals surface area contributed by atoms with E-state index in [0.29, 0.717) is 40.3 Å². The molecule has 9 heteroatoms. The summed E-state index contributed by atoms with van der Waals surface area (Å²) in [5, 5.41) is 7.14. The van der Waals surface area contributed by atoms with Gasteiger partial charge in [-0.1, -0.05) is 29.8 Å². The quantitative estimate of drug-likeness (QED) is 0.282. The van der Waals surface area contributed by atoms with Gasteiger partial charge in [-0.05, 0) is 55.0 Å². The van der Waals surface area contributed by atoms with Gasteiger partial charge in [-0.15, -0.1) is 0 Å². The van der Waals surface area contributed by atoms with Gasteiger partial charge in [0.05, 0.1) is 25.6 Å². The minimum atomic E-state index is -0.927. The standard InChI is InChI=1S/C25H24ClN3O5/c1-16(17-8-10-19(11-9-17)34-15-18-6-4-5-7-21(18)26)28-29-25(31)24(30)27-22-14-20(32-2)12-13-23(22)33-3/h4-14H,15H2,1-3H3,(H,27,30)(H,29,31). The van der Waals surface area contributed by atoms with E-state index in [0.717, 1.165) is 11.1 Å². The molecule has 34 heavy (non-hydrogen) atoms. The number of halogens is 1. The Kier molecular flexibility index (Phi) is 8.48. The Morgan fingerprint density at radius 2 is 1.62 bits per heavy atom. The van der Waals surface area contributed by atoms with Crippen molar-refractivity contribution in [2.75, 3.05) is 19.5 Å². The molecule has 3 aromatic carbocycles. The van der Waals surface area contributed by atoms with Gasteiger partial charge < -0.3 is 19.5 Å². The summed E-state index contributed by atoms with van der Waals surface area (Å²) in [4.78, 5) is 24.5. The molecule has 0 unspecified atom stereocenters. The lowest BCUT2D eigenvalue weighted by molar-refractivity contribution is -0.136. The first kappa shape index (κ1) is 24.6. The molecule has 2 amide bonds. The number of methoxy groups -OCH3 is 2. The molecule has 2 N–H and O–H groups in total. The molecule has 8 nitrogen and oxygen atoms in total. The lowest BCUT2D eigenvalue weighted by Crippen LogP contribution is -2.33. The third-order valence-corrected chi connectivity index (χ3v) is 5.18. The van der Waals surface area contributed by atoms with Crippen LogP contribution in [0.4, 0.5) is 5.69 Å². The van der Waals surface area contributed by atoms with E-state index in [-0.39, 0.29) is 0 Å². The molecular formula is C25H24ClN3O5. The van der Waals surface area contributed by atoms with Crippen LogP contribution in [0.2, 0.25) is 5.02 Å². The van der Waals surface area contributed by atoms with Gasteiger partial charge in [-0.3, -0.25) is 9.59 Å². The minimum Gasteiger partial charge on any atom is -0.497 e. The van der Waals surface area contributed by atoms with Crippen LogP contribution in [0.15, 0.2) is 71.8 Å². The van der Waals surface area contributed by atoms with Gasteiger partial charge in [0.25, 0.3) is 0 Å². The predicted octanol–water partition coefficient (Wildman–Crippen LogP) is 4.42. The number of hydrogen-bond acceptors (Lipinski definition) is 6.